The third-order valence-electron chi connectivity index (χ3n) is 1.10. The lowest BCUT2D eigenvalue weighted by Crippen LogP contribution is -2.55. The van der Waals surface area contributed by atoms with Gasteiger partial charge in [-0.2, -0.15) is 0 Å². The minimum absolute atomic E-state index is 0.0755. The van der Waals surface area contributed by atoms with E-state index in [0.29, 0.717) is 0 Å². The second-order valence-electron chi connectivity index (χ2n) is 1.81. The molecular weight excluding hydrogens is 232 g/mol. The Hall–Kier alpha value is -0.590. The minimum Gasteiger partial charge on any atom is -0.265 e. The van der Waals surface area contributed by atoms with Crippen molar-refractivity contribution in [3.05, 3.63) is 4.91 Å². The summed E-state index contributed by atoms with van der Waals surface area (Å²) in [6.07, 6.45) is 0. The molecule has 1 fully saturated rings. The van der Waals surface area contributed by atoms with Crippen LogP contribution in [-0.2, 0) is 9.59 Å². The Balaban J connectivity index is 2.99. The van der Waals surface area contributed by atoms with Crippen molar-refractivity contribution in [2.24, 2.45) is 0 Å². The molecule has 0 aliphatic carbocycles. The third kappa shape index (κ3) is 1.21. The highest BCUT2D eigenvalue weighted by atomic mass is 35.5. The number of nitrogens with zero attached hydrogens (tertiary/aromatic N) is 3. The van der Waals surface area contributed by atoms with E-state index in [1.165, 1.54) is 0 Å². The molecule has 0 aromatic heterocycles. The van der Waals surface area contributed by atoms with Crippen LogP contribution in [0.2, 0.25) is 0 Å². The highest BCUT2D eigenvalue weighted by Crippen LogP contribution is 2.18. The van der Waals surface area contributed by atoms with E-state index in [1.54, 1.807) is 0 Å². The Morgan fingerprint density at radius 3 is 1.83 bits per heavy atom. The standard InChI is InChI=1S/C3HCl3N3O3/c4-1-2(10)7(5)9(12)8(6)3(1)11/h1H/q+1. The Bertz CT molecular complexity index is 208. The normalized spacial score (nSPS) is 20.8. The predicted octanol–water partition coefficient (Wildman–Crippen LogP) is 0.181. The molecule has 0 N–H and O–H groups in total. The zero-order valence-corrected chi connectivity index (χ0v) is 7.55. The van der Waals surface area contributed by atoms with Crippen molar-refractivity contribution in [3.8, 4) is 0 Å². The highest BCUT2D eigenvalue weighted by Gasteiger charge is 2.52. The summed E-state index contributed by atoms with van der Waals surface area (Å²) in [6, 6.07) is 0. The molecule has 2 amide bonds. The summed E-state index contributed by atoms with van der Waals surface area (Å²) in [7, 11) is 0. The van der Waals surface area contributed by atoms with Gasteiger partial charge in [0.1, 0.15) is 0 Å². The molecule has 0 aromatic carbocycles. The van der Waals surface area contributed by atoms with Crippen LogP contribution in [0.5, 0.6) is 0 Å². The first kappa shape index (κ1) is 9.50. The quantitative estimate of drug-likeness (QED) is 0.259. The van der Waals surface area contributed by atoms with Crippen LogP contribution in [0, 0.1) is 4.91 Å². The van der Waals surface area contributed by atoms with Crippen molar-refractivity contribution in [2.75, 3.05) is 0 Å². The Morgan fingerprint density at radius 2 is 1.50 bits per heavy atom. The van der Waals surface area contributed by atoms with Crippen LogP contribution in [0.4, 0.5) is 0 Å². The van der Waals surface area contributed by atoms with Gasteiger partial charge < -0.3 is 0 Å². The van der Waals surface area contributed by atoms with Gasteiger partial charge in [-0.15, -0.1) is 11.6 Å². The zero-order valence-electron chi connectivity index (χ0n) is 5.28. The van der Waals surface area contributed by atoms with E-state index in [2.05, 4.69) is 0 Å². The Kier molecular flexibility index (Phi) is 2.41. The van der Waals surface area contributed by atoms with Crippen LogP contribution in [0.3, 0.4) is 0 Å². The van der Waals surface area contributed by atoms with Crippen LogP contribution in [0.15, 0.2) is 0 Å². The molecule has 0 radical (unpaired) electrons. The van der Waals surface area contributed by atoms with E-state index >= 15 is 0 Å². The van der Waals surface area contributed by atoms with Gasteiger partial charge in [0, 0.05) is 0 Å². The van der Waals surface area contributed by atoms with Crippen LogP contribution >= 0.6 is 35.2 Å². The molecule has 0 bridgehead atoms. The number of carbonyl (C=O) groups excluding carboxylic acids is 2. The lowest BCUT2D eigenvalue weighted by Gasteiger charge is -2.15. The van der Waals surface area contributed by atoms with E-state index in [-0.39, 0.29) is 14.0 Å². The molecule has 6 nitrogen and oxygen atoms in total. The average molecular weight is 233 g/mol. The minimum atomic E-state index is -1.55. The summed E-state index contributed by atoms with van der Waals surface area (Å²) in [5, 5.41) is -1.55. The summed E-state index contributed by atoms with van der Waals surface area (Å²) in [5.41, 5.74) is 0. The predicted molar refractivity (Wildman–Crippen MR) is 38.7 cm³/mol. The average Bonchev–Trinajstić information content (AvgIpc) is 2.08. The van der Waals surface area contributed by atoms with Gasteiger partial charge in [-0.05, 0) is 0 Å². The van der Waals surface area contributed by atoms with Gasteiger partial charge >= 0.3 is 11.8 Å². The van der Waals surface area contributed by atoms with Crippen molar-refractivity contribution in [1.82, 2.24) is 9.06 Å². The van der Waals surface area contributed by atoms with Crippen LogP contribution in [-0.4, -0.2) is 31.2 Å². The SMILES string of the molecule is O=C1C(Cl)C(=O)N(Cl)[N+](=O)N1Cl. The molecule has 9 heteroatoms. The number of hydrazine groups is 2. The van der Waals surface area contributed by atoms with Crippen LogP contribution < -0.4 is 0 Å². The summed E-state index contributed by atoms with van der Waals surface area (Å²) in [4.78, 5) is 32.0. The first-order valence-corrected chi connectivity index (χ1v) is 3.68. The molecule has 1 saturated heterocycles. The number of hydrogen-bond acceptors (Lipinski definition) is 3. The summed E-state index contributed by atoms with van der Waals surface area (Å²) >= 11 is 15.5. The largest absolute Gasteiger partial charge is 0.332 e. The molecule has 0 unspecified atom stereocenters. The van der Waals surface area contributed by atoms with E-state index in [0.717, 1.165) is 0 Å². The van der Waals surface area contributed by atoms with Crippen LogP contribution in [0.1, 0.15) is 0 Å². The van der Waals surface area contributed by atoms with E-state index in [4.69, 9.17) is 35.2 Å². The Labute approximate surface area is 81.3 Å². The second-order valence-corrected chi connectivity index (χ2v) is 2.89. The molecule has 1 aliphatic rings. The highest BCUT2D eigenvalue weighted by molar-refractivity contribution is 6.45. The fourth-order valence-corrected chi connectivity index (χ4v) is 1.18. The number of alkyl halides is 1. The number of rotatable bonds is 0. The molecule has 0 spiro atoms. The molecule has 0 aromatic rings. The topological polar surface area (TPSA) is 60.7 Å². The molecule has 1 heterocycles. The number of carbonyl (C=O) groups is 2. The van der Waals surface area contributed by atoms with Crippen molar-refractivity contribution in [2.45, 2.75) is 5.38 Å². The summed E-state index contributed by atoms with van der Waals surface area (Å²) < 4.78 is 0.151. The van der Waals surface area contributed by atoms with Gasteiger partial charge in [-0.1, -0.05) is 0 Å². The lowest BCUT2D eigenvalue weighted by atomic mass is 10.4. The molecule has 1 aliphatic heterocycles. The van der Waals surface area contributed by atoms with Gasteiger partial charge in [0.2, 0.25) is 5.38 Å². The smallest absolute Gasteiger partial charge is 0.265 e. The first-order chi connectivity index (χ1) is 5.46. The number of amides is 2. The van der Waals surface area contributed by atoms with Crippen molar-refractivity contribution < 1.29 is 14.6 Å². The van der Waals surface area contributed by atoms with Crippen molar-refractivity contribution >= 4 is 47.0 Å². The maximum Gasteiger partial charge on any atom is 0.332 e. The monoisotopic (exact) mass is 232 g/mol. The molecule has 0 atom stereocenters. The molecule has 12 heavy (non-hydrogen) atoms. The van der Waals surface area contributed by atoms with E-state index in [1.807, 2.05) is 0 Å². The maximum atomic E-state index is 10.8. The van der Waals surface area contributed by atoms with Gasteiger partial charge in [0.25, 0.3) is 4.98 Å². The number of nitroso groups, excluding NO2 is 1. The fraction of sp³-hybridized carbons (Fsp3) is 0.333. The molecule has 1 rings (SSSR count). The summed E-state index contributed by atoms with van der Waals surface area (Å²) in [6.45, 7) is 0. The maximum absolute atomic E-state index is 10.8. The van der Waals surface area contributed by atoms with Crippen LogP contribution in [0.25, 0.3) is 0 Å². The van der Waals surface area contributed by atoms with Crippen molar-refractivity contribution in [1.29, 1.82) is 0 Å². The first-order valence-electron chi connectivity index (χ1n) is 2.57. The summed E-state index contributed by atoms with van der Waals surface area (Å²) in [5.74, 6) is -2.06. The lowest BCUT2D eigenvalue weighted by molar-refractivity contribution is -0.759. The molecule has 0 saturated carbocycles. The Morgan fingerprint density at radius 1 is 1.17 bits per heavy atom. The zero-order chi connectivity index (χ0) is 9.46. The van der Waals surface area contributed by atoms with Crippen molar-refractivity contribution in [3.63, 3.8) is 0 Å². The van der Waals surface area contributed by atoms with E-state index < -0.39 is 17.2 Å². The molecular formula is C3HCl3N3O3+. The van der Waals surface area contributed by atoms with Gasteiger partial charge in [-0.25, -0.2) is 0 Å². The number of halogens is 3. The van der Waals surface area contributed by atoms with Gasteiger partial charge in [0.15, 0.2) is 0 Å². The number of hydrogen-bond donors (Lipinski definition) is 0. The van der Waals surface area contributed by atoms with E-state index in [9.17, 15) is 14.5 Å². The second kappa shape index (κ2) is 3.04. The molecule has 66 valence electrons. The van der Waals surface area contributed by atoms with Gasteiger partial charge in [0.05, 0.1) is 37.5 Å². The third-order valence-corrected chi connectivity index (χ3v) is 2.06. The fourth-order valence-electron chi connectivity index (χ4n) is 0.530. The van der Waals surface area contributed by atoms with Gasteiger partial charge in [-0.3, -0.25) is 9.59 Å².